The summed E-state index contributed by atoms with van der Waals surface area (Å²) in [4.78, 5) is 0. The van der Waals surface area contributed by atoms with E-state index in [2.05, 4.69) is 20.8 Å². The topological polar surface area (TPSA) is 9.23 Å². The van der Waals surface area contributed by atoms with Crippen molar-refractivity contribution in [1.82, 2.24) is 0 Å². The van der Waals surface area contributed by atoms with Crippen LogP contribution < -0.4 is 0 Å². The molecule has 0 aromatic heterocycles. The first kappa shape index (κ1) is 30.7. The Balaban J connectivity index is -0.000000289. The van der Waals surface area contributed by atoms with Crippen molar-refractivity contribution in [2.75, 3.05) is 13.2 Å². The number of hydrogen-bond donors (Lipinski definition) is 0. The predicted molar refractivity (Wildman–Crippen MR) is 123 cm³/mol. The minimum Gasteiger partial charge on any atom is -0.381 e. The molecule has 162 valence electrons. The molecule has 0 radical (unpaired) electrons. The van der Waals surface area contributed by atoms with E-state index in [-0.39, 0.29) is 22.3 Å². The van der Waals surface area contributed by atoms with Gasteiger partial charge in [-0.25, -0.2) is 0 Å². The lowest BCUT2D eigenvalue weighted by molar-refractivity contribution is 0.0654. The average Bonchev–Trinajstić information content (AvgIpc) is 3.18. The highest BCUT2D eigenvalue weighted by molar-refractivity contribution is 4.64. The van der Waals surface area contributed by atoms with Crippen molar-refractivity contribution in [3.63, 3.8) is 0 Å². The van der Waals surface area contributed by atoms with E-state index in [1.807, 2.05) is 0 Å². The molecule has 0 aromatic rings. The molecule has 0 bridgehead atoms. The Hall–Kier alpha value is -0.0400. The Kier molecular flexibility index (Phi) is 25.1. The van der Waals surface area contributed by atoms with E-state index in [9.17, 15) is 0 Å². The molecule has 1 saturated heterocycles. The molecule has 1 nitrogen and oxygen atoms in total. The zero-order valence-electron chi connectivity index (χ0n) is 16.5. The summed E-state index contributed by atoms with van der Waals surface area (Å²) in [5, 5.41) is 0. The van der Waals surface area contributed by atoms with Crippen LogP contribution in [0, 0.1) is 17.8 Å². The van der Waals surface area contributed by atoms with E-state index in [4.69, 9.17) is 4.74 Å². The SMILES string of the molecule is C.C.C.CCC1CCCC1.CCC1CCCCC1.CCC1CCOCC1. The van der Waals surface area contributed by atoms with E-state index in [0.29, 0.717) is 0 Å². The van der Waals surface area contributed by atoms with Crippen LogP contribution in [0.2, 0.25) is 0 Å². The van der Waals surface area contributed by atoms with Gasteiger partial charge in [-0.05, 0) is 30.6 Å². The first-order valence-electron chi connectivity index (χ1n) is 10.9. The third kappa shape index (κ3) is 15.1. The molecular weight excluding hydrogens is 316 g/mol. The van der Waals surface area contributed by atoms with E-state index < -0.39 is 0 Å². The van der Waals surface area contributed by atoms with Gasteiger partial charge in [0.2, 0.25) is 0 Å². The van der Waals surface area contributed by atoms with Crippen molar-refractivity contribution >= 4 is 0 Å². The van der Waals surface area contributed by atoms with Crippen molar-refractivity contribution < 1.29 is 4.74 Å². The van der Waals surface area contributed by atoms with Crippen LogP contribution in [0.1, 0.15) is 133 Å². The Bertz CT molecular complexity index is 215. The maximum absolute atomic E-state index is 5.20. The van der Waals surface area contributed by atoms with E-state index in [0.717, 1.165) is 31.0 Å². The fourth-order valence-electron chi connectivity index (χ4n) is 4.17. The van der Waals surface area contributed by atoms with E-state index in [1.54, 1.807) is 0 Å². The highest BCUT2D eigenvalue weighted by atomic mass is 16.5. The molecule has 2 aliphatic carbocycles. The molecule has 3 rings (SSSR count). The predicted octanol–water partition coefficient (Wildman–Crippen LogP) is 9.29. The Morgan fingerprint density at radius 2 is 0.808 bits per heavy atom. The maximum Gasteiger partial charge on any atom is 0.0468 e. The standard InChI is InChI=1S/C8H16.C7H14O.C7H14.3CH4/c1-2-8-6-4-3-5-7-8;1-2-7-3-5-8-6-4-7;1-2-7-5-3-4-6-7;;;/h8H,2-7H2,1H3;7H,2-6H2,1H3;7H,2-6H2,1H3;3*1H4. The lowest BCUT2D eigenvalue weighted by Gasteiger charge is -2.19. The molecule has 2 saturated carbocycles. The molecule has 1 heteroatoms. The first-order valence-corrected chi connectivity index (χ1v) is 10.9. The van der Waals surface area contributed by atoms with Crippen LogP contribution in [-0.2, 0) is 4.74 Å². The van der Waals surface area contributed by atoms with Crippen molar-refractivity contribution in [3.8, 4) is 0 Å². The third-order valence-electron chi connectivity index (χ3n) is 6.27. The van der Waals surface area contributed by atoms with Gasteiger partial charge in [-0.15, -0.1) is 0 Å². The fraction of sp³-hybridized carbons (Fsp3) is 1.00. The van der Waals surface area contributed by atoms with Crippen molar-refractivity contribution in [2.24, 2.45) is 17.8 Å². The second kappa shape index (κ2) is 21.3. The van der Waals surface area contributed by atoms with Crippen LogP contribution in [0.5, 0.6) is 0 Å². The van der Waals surface area contributed by atoms with Crippen LogP contribution in [0.3, 0.4) is 0 Å². The van der Waals surface area contributed by atoms with Crippen LogP contribution >= 0.6 is 0 Å². The summed E-state index contributed by atoms with van der Waals surface area (Å²) >= 11 is 0. The average molecular weight is 373 g/mol. The van der Waals surface area contributed by atoms with E-state index >= 15 is 0 Å². The first-order chi connectivity index (χ1) is 11.3. The third-order valence-corrected chi connectivity index (χ3v) is 6.27. The Morgan fingerprint density at radius 1 is 0.500 bits per heavy atom. The largest absolute Gasteiger partial charge is 0.381 e. The van der Waals surface area contributed by atoms with Gasteiger partial charge in [0.25, 0.3) is 0 Å². The molecule has 0 amide bonds. The molecule has 1 aliphatic heterocycles. The summed E-state index contributed by atoms with van der Waals surface area (Å²) in [5.41, 5.74) is 0. The quantitative estimate of drug-likeness (QED) is 0.479. The van der Waals surface area contributed by atoms with Gasteiger partial charge in [-0.1, -0.05) is 120 Å². The molecule has 3 aliphatic rings. The summed E-state index contributed by atoms with van der Waals surface area (Å²) in [6, 6.07) is 0. The van der Waals surface area contributed by atoms with E-state index in [1.165, 1.54) is 89.9 Å². The fourth-order valence-corrected chi connectivity index (χ4v) is 4.17. The van der Waals surface area contributed by atoms with Gasteiger partial charge in [0.05, 0.1) is 0 Å². The molecule has 0 N–H and O–H groups in total. The number of rotatable bonds is 3. The summed E-state index contributed by atoms with van der Waals surface area (Å²) in [7, 11) is 0. The smallest absolute Gasteiger partial charge is 0.0468 e. The lowest BCUT2D eigenvalue weighted by Crippen LogP contribution is -2.14. The molecular formula is C25H56O. The van der Waals surface area contributed by atoms with Gasteiger partial charge in [0.1, 0.15) is 0 Å². The van der Waals surface area contributed by atoms with Crippen LogP contribution in [0.4, 0.5) is 0 Å². The minimum atomic E-state index is 0. The molecule has 0 unspecified atom stereocenters. The number of ether oxygens (including phenoxy) is 1. The molecule has 1 heterocycles. The maximum atomic E-state index is 5.20. The van der Waals surface area contributed by atoms with Gasteiger partial charge in [0, 0.05) is 13.2 Å². The summed E-state index contributed by atoms with van der Waals surface area (Å²) in [6.07, 6.45) is 20.3. The highest BCUT2D eigenvalue weighted by Gasteiger charge is 2.11. The minimum absolute atomic E-state index is 0. The summed E-state index contributed by atoms with van der Waals surface area (Å²) in [5.74, 6) is 3.15. The van der Waals surface area contributed by atoms with Crippen molar-refractivity contribution in [2.45, 2.75) is 133 Å². The summed E-state index contributed by atoms with van der Waals surface area (Å²) < 4.78 is 5.20. The van der Waals surface area contributed by atoms with Crippen molar-refractivity contribution in [1.29, 1.82) is 0 Å². The lowest BCUT2D eigenvalue weighted by atomic mass is 9.88. The Labute approximate surface area is 169 Å². The van der Waals surface area contributed by atoms with Crippen LogP contribution in [0.25, 0.3) is 0 Å². The van der Waals surface area contributed by atoms with Crippen LogP contribution in [0.15, 0.2) is 0 Å². The number of hydrogen-bond acceptors (Lipinski definition) is 1. The normalized spacial score (nSPS) is 20.9. The Morgan fingerprint density at radius 3 is 1.08 bits per heavy atom. The molecule has 3 fully saturated rings. The van der Waals surface area contributed by atoms with Gasteiger partial charge in [-0.2, -0.15) is 0 Å². The second-order valence-corrected chi connectivity index (χ2v) is 7.94. The zero-order valence-corrected chi connectivity index (χ0v) is 16.5. The van der Waals surface area contributed by atoms with Gasteiger partial charge in [-0.3, -0.25) is 0 Å². The summed E-state index contributed by atoms with van der Waals surface area (Å²) in [6.45, 7) is 8.87. The molecule has 0 atom stereocenters. The molecule has 0 spiro atoms. The van der Waals surface area contributed by atoms with Crippen molar-refractivity contribution in [3.05, 3.63) is 0 Å². The monoisotopic (exact) mass is 372 g/mol. The molecule has 26 heavy (non-hydrogen) atoms. The van der Waals surface area contributed by atoms with Gasteiger partial charge >= 0.3 is 0 Å². The zero-order chi connectivity index (χ0) is 16.8. The highest BCUT2D eigenvalue weighted by Crippen LogP contribution is 2.26. The second-order valence-electron chi connectivity index (χ2n) is 7.94. The van der Waals surface area contributed by atoms with Gasteiger partial charge < -0.3 is 4.74 Å². The molecule has 0 aromatic carbocycles. The van der Waals surface area contributed by atoms with Gasteiger partial charge in [0.15, 0.2) is 0 Å². The van der Waals surface area contributed by atoms with Crippen LogP contribution in [-0.4, -0.2) is 13.2 Å².